The molecular weight excluding hydrogens is 391 g/mol. The van der Waals surface area contributed by atoms with Gasteiger partial charge in [0, 0.05) is 18.0 Å². The maximum Gasteiger partial charge on any atom is 0.307 e. The lowest BCUT2D eigenvalue weighted by Crippen LogP contribution is -2.42. The quantitative estimate of drug-likeness (QED) is 0.519. The molecule has 1 amide bonds. The maximum absolute atomic E-state index is 13.9. The van der Waals surface area contributed by atoms with Crippen LogP contribution >= 0.6 is 0 Å². The fourth-order valence-electron chi connectivity index (χ4n) is 2.51. The van der Waals surface area contributed by atoms with Gasteiger partial charge < -0.3 is 14.8 Å². The number of amides is 1. The Labute approximate surface area is 167 Å². The summed E-state index contributed by atoms with van der Waals surface area (Å²) in [5, 5.41) is 2.53. The van der Waals surface area contributed by atoms with Gasteiger partial charge in [-0.15, -0.1) is 0 Å². The Kier molecular flexibility index (Phi) is 8.66. The Bertz CT molecular complexity index is 761. The lowest BCUT2D eigenvalue weighted by molar-refractivity contribution is -0.157. The SMILES string of the molecule is COC(=O)C[C@@H](Cc1cc(F)c(F)cc1F)NC(=O)C(C)CC(=O)OC(C)(C)C. The van der Waals surface area contributed by atoms with Gasteiger partial charge in [0.15, 0.2) is 11.6 Å². The Morgan fingerprint density at radius 1 is 1.00 bits per heavy atom. The Hall–Kier alpha value is -2.58. The summed E-state index contributed by atoms with van der Waals surface area (Å²) in [6.07, 6.45) is -0.795. The second-order valence-corrected chi connectivity index (χ2v) is 7.74. The van der Waals surface area contributed by atoms with Gasteiger partial charge in [-0.05, 0) is 38.8 Å². The van der Waals surface area contributed by atoms with Gasteiger partial charge in [-0.25, -0.2) is 13.2 Å². The Morgan fingerprint density at radius 2 is 1.59 bits per heavy atom. The van der Waals surface area contributed by atoms with Crippen molar-refractivity contribution in [2.24, 2.45) is 5.92 Å². The maximum atomic E-state index is 13.9. The van der Waals surface area contributed by atoms with Crippen LogP contribution in [0, 0.1) is 23.4 Å². The molecule has 0 bridgehead atoms. The number of halogens is 3. The molecule has 0 fully saturated rings. The molecule has 0 aliphatic heterocycles. The Balaban J connectivity index is 2.87. The smallest absolute Gasteiger partial charge is 0.307 e. The monoisotopic (exact) mass is 417 g/mol. The van der Waals surface area contributed by atoms with Gasteiger partial charge in [-0.1, -0.05) is 6.92 Å². The van der Waals surface area contributed by atoms with Crippen molar-refractivity contribution in [3.63, 3.8) is 0 Å². The fourth-order valence-corrected chi connectivity index (χ4v) is 2.51. The molecule has 1 rings (SSSR count). The summed E-state index contributed by atoms with van der Waals surface area (Å²) in [6.45, 7) is 6.57. The standard InChI is InChI=1S/C20H26F3NO5/c1-11(6-18(26)29-20(2,3)4)19(27)24-13(9-17(25)28-5)7-12-8-15(22)16(23)10-14(12)21/h8,10-11,13H,6-7,9H2,1-5H3,(H,24,27)/t11?,13-/m1/s1. The minimum Gasteiger partial charge on any atom is -0.469 e. The third-order valence-electron chi connectivity index (χ3n) is 3.88. The zero-order chi connectivity index (χ0) is 22.4. The third kappa shape index (κ3) is 8.53. The predicted octanol–water partition coefficient (Wildman–Crippen LogP) is 3.06. The first-order chi connectivity index (χ1) is 13.3. The molecule has 0 aliphatic rings. The number of benzene rings is 1. The van der Waals surface area contributed by atoms with Crippen LogP contribution in [-0.2, 0) is 30.3 Å². The molecule has 9 heteroatoms. The van der Waals surface area contributed by atoms with Crippen LogP contribution < -0.4 is 5.32 Å². The average molecular weight is 417 g/mol. The van der Waals surface area contributed by atoms with Gasteiger partial charge in [0.05, 0.1) is 20.0 Å². The van der Waals surface area contributed by atoms with Crippen molar-refractivity contribution in [3.05, 3.63) is 35.1 Å². The van der Waals surface area contributed by atoms with E-state index in [-0.39, 0.29) is 24.8 Å². The summed E-state index contributed by atoms with van der Waals surface area (Å²) in [6, 6.07) is 0.119. The number of methoxy groups -OCH3 is 1. The van der Waals surface area contributed by atoms with Crippen LogP contribution in [-0.4, -0.2) is 36.6 Å². The van der Waals surface area contributed by atoms with E-state index < -0.39 is 52.9 Å². The van der Waals surface area contributed by atoms with Crippen LogP contribution in [0.15, 0.2) is 12.1 Å². The molecule has 0 aliphatic carbocycles. The van der Waals surface area contributed by atoms with E-state index in [1.54, 1.807) is 20.8 Å². The molecule has 162 valence electrons. The molecule has 0 aromatic heterocycles. The van der Waals surface area contributed by atoms with Crippen molar-refractivity contribution in [3.8, 4) is 0 Å². The second kappa shape index (κ2) is 10.3. The first kappa shape index (κ1) is 24.5. The van der Waals surface area contributed by atoms with Crippen LogP contribution in [0.1, 0.15) is 46.1 Å². The van der Waals surface area contributed by atoms with Gasteiger partial charge >= 0.3 is 11.9 Å². The highest BCUT2D eigenvalue weighted by atomic mass is 19.2. The minimum atomic E-state index is -1.34. The molecule has 1 aromatic rings. The molecule has 6 nitrogen and oxygen atoms in total. The molecule has 0 saturated carbocycles. The van der Waals surface area contributed by atoms with E-state index in [0.29, 0.717) is 12.1 Å². The van der Waals surface area contributed by atoms with Crippen molar-refractivity contribution >= 4 is 17.8 Å². The molecule has 1 aromatic carbocycles. The highest BCUT2D eigenvalue weighted by Gasteiger charge is 2.26. The minimum absolute atomic E-state index is 0.201. The largest absolute Gasteiger partial charge is 0.469 e. The van der Waals surface area contributed by atoms with Gasteiger partial charge in [-0.3, -0.25) is 14.4 Å². The number of rotatable bonds is 8. The molecule has 1 unspecified atom stereocenters. The van der Waals surface area contributed by atoms with Crippen molar-refractivity contribution in [2.75, 3.05) is 7.11 Å². The van der Waals surface area contributed by atoms with Crippen LogP contribution in [0.4, 0.5) is 13.2 Å². The van der Waals surface area contributed by atoms with E-state index >= 15 is 0 Å². The zero-order valence-electron chi connectivity index (χ0n) is 17.1. The van der Waals surface area contributed by atoms with Crippen LogP contribution in [0.2, 0.25) is 0 Å². The van der Waals surface area contributed by atoms with E-state index in [0.717, 1.165) is 7.11 Å². The number of carbonyl (C=O) groups is 3. The number of carbonyl (C=O) groups excluding carboxylic acids is 3. The molecule has 2 atom stereocenters. The van der Waals surface area contributed by atoms with Gasteiger partial charge in [0.25, 0.3) is 0 Å². The van der Waals surface area contributed by atoms with Crippen LogP contribution in [0.5, 0.6) is 0 Å². The topological polar surface area (TPSA) is 81.7 Å². The molecule has 0 radical (unpaired) electrons. The van der Waals surface area contributed by atoms with E-state index in [1.807, 2.05) is 0 Å². The summed E-state index contributed by atoms with van der Waals surface area (Å²) in [7, 11) is 1.14. The highest BCUT2D eigenvalue weighted by molar-refractivity contribution is 5.84. The highest BCUT2D eigenvalue weighted by Crippen LogP contribution is 2.17. The molecule has 0 heterocycles. The number of ether oxygens (including phenoxy) is 2. The average Bonchev–Trinajstić information content (AvgIpc) is 2.57. The van der Waals surface area contributed by atoms with Crippen molar-refractivity contribution in [2.45, 2.75) is 58.6 Å². The van der Waals surface area contributed by atoms with Crippen molar-refractivity contribution < 1.29 is 37.0 Å². The zero-order valence-corrected chi connectivity index (χ0v) is 17.1. The normalized spacial score (nSPS) is 13.4. The first-order valence-corrected chi connectivity index (χ1v) is 9.04. The molecular formula is C20H26F3NO5. The summed E-state index contributed by atoms with van der Waals surface area (Å²) >= 11 is 0. The summed E-state index contributed by atoms with van der Waals surface area (Å²) in [4.78, 5) is 35.9. The van der Waals surface area contributed by atoms with E-state index in [9.17, 15) is 27.6 Å². The van der Waals surface area contributed by atoms with Crippen molar-refractivity contribution in [1.29, 1.82) is 0 Å². The number of nitrogens with one attached hydrogen (secondary N) is 1. The summed E-state index contributed by atoms with van der Waals surface area (Å²) < 4.78 is 50.2. The third-order valence-corrected chi connectivity index (χ3v) is 3.88. The number of hydrogen-bond acceptors (Lipinski definition) is 5. The molecule has 29 heavy (non-hydrogen) atoms. The molecule has 0 saturated heterocycles. The summed E-state index contributed by atoms with van der Waals surface area (Å²) in [5.74, 6) is -6.22. The van der Waals surface area contributed by atoms with Crippen LogP contribution in [0.3, 0.4) is 0 Å². The van der Waals surface area contributed by atoms with Crippen molar-refractivity contribution in [1.82, 2.24) is 5.32 Å². The fraction of sp³-hybridized carbons (Fsp3) is 0.550. The number of esters is 2. The van der Waals surface area contributed by atoms with E-state index in [4.69, 9.17) is 4.74 Å². The van der Waals surface area contributed by atoms with Gasteiger partial charge in [0.2, 0.25) is 5.91 Å². The van der Waals surface area contributed by atoms with Crippen LogP contribution in [0.25, 0.3) is 0 Å². The lowest BCUT2D eigenvalue weighted by Gasteiger charge is -2.23. The Morgan fingerprint density at radius 3 is 2.14 bits per heavy atom. The predicted molar refractivity (Wildman–Crippen MR) is 98.2 cm³/mol. The van der Waals surface area contributed by atoms with E-state index in [1.165, 1.54) is 6.92 Å². The van der Waals surface area contributed by atoms with Gasteiger partial charge in [0.1, 0.15) is 11.4 Å². The molecule has 1 N–H and O–H groups in total. The van der Waals surface area contributed by atoms with Gasteiger partial charge in [-0.2, -0.15) is 0 Å². The lowest BCUT2D eigenvalue weighted by atomic mass is 10.0. The summed E-state index contributed by atoms with van der Waals surface area (Å²) in [5.41, 5.74) is -0.914. The second-order valence-electron chi connectivity index (χ2n) is 7.74. The first-order valence-electron chi connectivity index (χ1n) is 9.04. The number of hydrogen-bond donors (Lipinski definition) is 1. The molecule has 0 spiro atoms. The van der Waals surface area contributed by atoms with E-state index in [2.05, 4.69) is 10.1 Å².